The van der Waals surface area contributed by atoms with Crippen molar-refractivity contribution in [3.8, 4) is 11.5 Å². The third kappa shape index (κ3) is 8.46. The van der Waals surface area contributed by atoms with Gasteiger partial charge in [0.1, 0.15) is 12.7 Å². The fraction of sp³-hybridized carbons (Fsp3) is 0.550. The zero-order chi connectivity index (χ0) is 20.2. The maximum Gasteiger partial charge on any atom is 0.193 e. The smallest absolute Gasteiger partial charge is 0.193 e. The molecule has 0 radical (unpaired) electrons. The zero-order valence-electron chi connectivity index (χ0n) is 17.8. The van der Waals surface area contributed by atoms with Crippen LogP contribution in [0.3, 0.4) is 0 Å². The summed E-state index contributed by atoms with van der Waals surface area (Å²) in [6.45, 7) is 5.52. The quantitative estimate of drug-likeness (QED) is 0.214. The van der Waals surface area contributed by atoms with Crippen LogP contribution in [0.15, 0.2) is 35.8 Å². The highest BCUT2D eigenvalue weighted by atomic mass is 127. The summed E-state index contributed by atoms with van der Waals surface area (Å²) in [5, 5.41) is 11.0. The van der Waals surface area contributed by atoms with Gasteiger partial charge in [0, 0.05) is 33.2 Å². The maximum absolute atomic E-state index is 5.39. The van der Waals surface area contributed by atoms with Gasteiger partial charge in [0.2, 0.25) is 0 Å². The topological polar surface area (TPSA) is 76.8 Å². The number of nitrogens with zero attached hydrogens (tertiary/aromatic N) is 5. The summed E-state index contributed by atoms with van der Waals surface area (Å²) in [6.07, 6.45) is 6.46. The first-order valence-electron chi connectivity index (χ1n) is 9.70. The molecule has 0 unspecified atom stereocenters. The normalized spacial score (nSPS) is 11.0. The Hall–Kier alpha value is -2.04. The van der Waals surface area contributed by atoms with E-state index >= 15 is 0 Å². The molecule has 0 aliphatic rings. The van der Waals surface area contributed by atoms with Gasteiger partial charge < -0.3 is 24.3 Å². The van der Waals surface area contributed by atoms with E-state index in [1.165, 1.54) is 5.56 Å². The molecule has 0 aliphatic heterocycles. The molecule has 1 N–H and O–H groups in total. The Kier molecular flexibility index (Phi) is 12.1. The third-order valence-corrected chi connectivity index (χ3v) is 4.43. The molecule has 8 nitrogen and oxygen atoms in total. The summed E-state index contributed by atoms with van der Waals surface area (Å²) in [4.78, 5) is 6.92. The Morgan fingerprint density at radius 1 is 1.14 bits per heavy atom. The molecule has 29 heavy (non-hydrogen) atoms. The number of aromatic nitrogens is 3. The van der Waals surface area contributed by atoms with Crippen LogP contribution in [0, 0.1) is 0 Å². The lowest BCUT2D eigenvalue weighted by molar-refractivity contribution is 0.354. The average molecular weight is 516 g/mol. The highest BCUT2D eigenvalue weighted by Crippen LogP contribution is 2.27. The molecule has 1 heterocycles. The number of aliphatic imine (C=N–C) groups is 1. The van der Waals surface area contributed by atoms with E-state index in [4.69, 9.17) is 14.5 Å². The van der Waals surface area contributed by atoms with Gasteiger partial charge in [0.25, 0.3) is 0 Å². The summed E-state index contributed by atoms with van der Waals surface area (Å²) in [6, 6.07) is 6.05. The maximum atomic E-state index is 5.39. The van der Waals surface area contributed by atoms with Gasteiger partial charge in [-0.1, -0.05) is 6.07 Å². The molecule has 2 aromatic rings. The number of unbranched alkanes of at least 4 members (excludes halogenated alkanes) is 1. The Morgan fingerprint density at radius 2 is 1.86 bits per heavy atom. The van der Waals surface area contributed by atoms with E-state index in [0.717, 1.165) is 62.9 Å². The molecule has 0 bridgehead atoms. The van der Waals surface area contributed by atoms with Crippen molar-refractivity contribution in [3.05, 3.63) is 36.4 Å². The van der Waals surface area contributed by atoms with E-state index < -0.39 is 0 Å². The fourth-order valence-electron chi connectivity index (χ4n) is 2.84. The molecule has 0 spiro atoms. The van der Waals surface area contributed by atoms with Crippen LogP contribution in [0.4, 0.5) is 0 Å². The van der Waals surface area contributed by atoms with E-state index in [2.05, 4.69) is 40.5 Å². The van der Waals surface area contributed by atoms with Gasteiger partial charge in [0.05, 0.1) is 14.2 Å². The molecule has 1 aromatic carbocycles. The van der Waals surface area contributed by atoms with Crippen LogP contribution in [0.25, 0.3) is 0 Å². The number of likely N-dealkylation sites (N-methyl/N-ethyl adjacent to an activating group) is 1. The minimum atomic E-state index is 0. The number of hydrogen-bond acceptors (Lipinski definition) is 5. The number of benzene rings is 1. The van der Waals surface area contributed by atoms with Crippen LogP contribution in [0.1, 0.15) is 25.3 Å². The summed E-state index contributed by atoms with van der Waals surface area (Å²) in [5.74, 6) is 2.45. The number of rotatable bonds is 11. The first-order chi connectivity index (χ1) is 13.7. The minimum Gasteiger partial charge on any atom is -0.493 e. The summed E-state index contributed by atoms with van der Waals surface area (Å²) in [5.41, 5.74) is 1.20. The molecule has 0 amide bonds. The van der Waals surface area contributed by atoms with Crippen molar-refractivity contribution in [3.63, 3.8) is 0 Å². The van der Waals surface area contributed by atoms with Crippen LogP contribution in [-0.4, -0.2) is 66.5 Å². The SMILES string of the molecule is CCNC(=NCCCCn1cnnc1)N(C)CCc1ccc(OC)c(OC)c1.I. The lowest BCUT2D eigenvalue weighted by atomic mass is 10.1. The van der Waals surface area contributed by atoms with Crippen LogP contribution < -0.4 is 14.8 Å². The van der Waals surface area contributed by atoms with E-state index in [0.29, 0.717) is 0 Å². The predicted octanol–water partition coefficient (Wildman–Crippen LogP) is 2.83. The lowest BCUT2D eigenvalue weighted by Crippen LogP contribution is -2.40. The predicted molar refractivity (Wildman–Crippen MR) is 127 cm³/mol. The Balaban J connectivity index is 0.00000420. The molecule has 0 aliphatic carbocycles. The van der Waals surface area contributed by atoms with Crippen molar-refractivity contribution in [2.45, 2.75) is 32.7 Å². The van der Waals surface area contributed by atoms with Gasteiger partial charge in [-0.25, -0.2) is 0 Å². The van der Waals surface area contributed by atoms with E-state index in [1.54, 1.807) is 26.9 Å². The molecule has 2 rings (SSSR count). The molecule has 9 heteroatoms. The second-order valence-corrected chi connectivity index (χ2v) is 6.50. The number of methoxy groups -OCH3 is 2. The van der Waals surface area contributed by atoms with Gasteiger partial charge in [-0.2, -0.15) is 0 Å². The van der Waals surface area contributed by atoms with Crippen molar-refractivity contribution in [1.82, 2.24) is 25.0 Å². The average Bonchev–Trinajstić information content (AvgIpc) is 3.24. The molecule has 162 valence electrons. The first kappa shape index (κ1) is 25.0. The number of guanidine groups is 1. The van der Waals surface area contributed by atoms with Gasteiger partial charge in [-0.15, -0.1) is 34.2 Å². The number of halogens is 1. The van der Waals surface area contributed by atoms with Crippen LogP contribution in [-0.2, 0) is 13.0 Å². The van der Waals surface area contributed by atoms with Crippen LogP contribution in [0.5, 0.6) is 11.5 Å². The molecule has 1 aromatic heterocycles. The second kappa shape index (κ2) is 14.0. The number of ether oxygens (including phenoxy) is 2. The Bertz CT molecular complexity index is 724. The van der Waals surface area contributed by atoms with Crippen LogP contribution >= 0.6 is 24.0 Å². The highest BCUT2D eigenvalue weighted by molar-refractivity contribution is 14.0. The number of aryl methyl sites for hydroxylation is 1. The lowest BCUT2D eigenvalue weighted by Gasteiger charge is -2.22. The largest absolute Gasteiger partial charge is 0.493 e. The summed E-state index contributed by atoms with van der Waals surface area (Å²) >= 11 is 0. The minimum absolute atomic E-state index is 0. The van der Waals surface area contributed by atoms with Crippen molar-refractivity contribution in [2.24, 2.45) is 4.99 Å². The molecule has 0 saturated carbocycles. The second-order valence-electron chi connectivity index (χ2n) is 6.50. The van der Waals surface area contributed by atoms with E-state index in [-0.39, 0.29) is 24.0 Å². The fourth-order valence-corrected chi connectivity index (χ4v) is 2.84. The van der Waals surface area contributed by atoms with Gasteiger partial charge >= 0.3 is 0 Å². The van der Waals surface area contributed by atoms with Crippen molar-refractivity contribution in [1.29, 1.82) is 0 Å². The van der Waals surface area contributed by atoms with Crippen molar-refractivity contribution in [2.75, 3.05) is 40.9 Å². The van der Waals surface area contributed by atoms with Crippen LogP contribution in [0.2, 0.25) is 0 Å². The standard InChI is InChI=1S/C20H32N6O2.HI/c1-5-21-20(22-11-6-7-12-26-15-23-24-16-26)25(2)13-10-17-8-9-18(27-3)19(14-17)28-4;/h8-9,14-16H,5-7,10-13H2,1-4H3,(H,21,22);1H. The molecule has 0 saturated heterocycles. The summed E-state index contributed by atoms with van der Waals surface area (Å²) < 4.78 is 12.7. The Labute approximate surface area is 190 Å². The number of hydrogen-bond donors (Lipinski definition) is 1. The first-order valence-corrected chi connectivity index (χ1v) is 9.70. The zero-order valence-corrected chi connectivity index (χ0v) is 20.1. The van der Waals surface area contributed by atoms with Gasteiger partial charge in [-0.05, 0) is 43.9 Å². The third-order valence-electron chi connectivity index (χ3n) is 4.43. The molecular formula is C20H33IN6O2. The van der Waals surface area contributed by atoms with Crippen molar-refractivity contribution >= 4 is 29.9 Å². The Morgan fingerprint density at radius 3 is 2.52 bits per heavy atom. The molecular weight excluding hydrogens is 483 g/mol. The van der Waals surface area contributed by atoms with E-state index in [1.807, 2.05) is 16.7 Å². The molecule has 0 atom stereocenters. The summed E-state index contributed by atoms with van der Waals surface area (Å²) in [7, 11) is 5.38. The number of nitrogens with one attached hydrogen (secondary N) is 1. The highest BCUT2D eigenvalue weighted by Gasteiger charge is 2.08. The van der Waals surface area contributed by atoms with Crippen molar-refractivity contribution < 1.29 is 9.47 Å². The molecule has 0 fully saturated rings. The van der Waals surface area contributed by atoms with E-state index in [9.17, 15) is 0 Å². The van der Waals surface area contributed by atoms with Gasteiger partial charge in [0.15, 0.2) is 17.5 Å². The monoisotopic (exact) mass is 516 g/mol. The van der Waals surface area contributed by atoms with Gasteiger partial charge in [-0.3, -0.25) is 4.99 Å².